The highest BCUT2D eigenvalue weighted by atomic mass is 32.2. The third kappa shape index (κ3) is 2.84. The monoisotopic (exact) mass is 283 g/mol. The van der Waals surface area contributed by atoms with Crippen LogP contribution in [0.25, 0.3) is 0 Å². The second kappa shape index (κ2) is 4.68. The molecule has 106 valence electrons. The first kappa shape index (κ1) is 14.1. The van der Waals surface area contributed by atoms with Crippen molar-refractivity contribution in [2.45, 2.75) is 37.6 Å². The highest BCUT2D eigenvalue weighted by Gasteiger charge is 2.31. The van der Waals surface area contributed by atoms with Gasteiger partial charge in [0, 0.05) is 24.5 Å². The van der Waals surface area contributed by atoms with Crippen molar-refractivity contribution in [3.8, 4) is 0 Å². The lowest BCUT2D eigenvalue weighted by molar-refractivity contribution is 0.595. The normalized spacial score (nSPS) is 17.3. The van der Waals surface area contributed by atoms with E-state index in [1.165, 1.54) is 18.9 Å². The molecule has 0 aromatic heterocycles. The fourth-order valence-corrected chi connectivity index (χ4v) is 3.30. The maximum Gasteiger partial charge on any atom is 0.238 e. The zero-order valence-electron chi connectivity index (χ0n) is 11.6. The Balaban J connectivity index is 2.48. The van der Waals surface area contributed by atoms with Gasteiger partial charge >= 0.3 is 0 Å². The second-order valence-electron chi connectivity index (χ2n) is 5.40. The van der Waals surface area contributed by atoms with Gasteiger partial charge in [0.2, 0.25) is 10.0 Å². The zero-order valence-corrected chi connectivity index (χ0v) is 12.4. The van der Waals surface area contributed by atoms with Crippen molar-refractivity contribution in [3.63, 3.8) is 0 Å². The topological polar surface area (TPSA) is 89.4 Å². The molecule has 1 fully saturated rings. The van der Waals surface area contributed by atoms with Gasteiger partial charge in [0.05, 0.1) is 4.90 Å². The smallest absolute Gasteiger partial charge is 0.238 e. The Labute approximate surface area is 114 Å². The van der Waals surface area contributed by atoms with Gasteiger partial charge in [-0.3, -0.25) is 0 Å². The molecule has 0 amide bonds. The van der Waals surface area contributed by atoms with E-state index in [2.05, 4.69) is 11.8 Å². The van der Waals surface area contributed by atoms with Crippen LogP contribution in [-0.2, 0) is 10.0 Å². The lowest BCUT2D eigenvalue weighted by Crippen LogP contribution is -2.31. The lowest BCUT2D eigenvalue weighted by Gasteiger charge is -2.29. The Morgan fingerprint density at radius 1 is 1.37 bits per heavy atom. The van der Waals surface area contributed by atoms with Crippen LogP contribution in [-0.4, -0.2) is 21.5 Å². The Morgan fingerprint density at radius 2 is 1.95 bits per heavy atom. The van der Waals surface area contributed by atoms with Crippen molar-refractivity contribution in [1.82, 2.24) is 0 Å². The van der Waals surface area contributed by atoms with E-state index in [4.69, 9.17) is 10.9 Å². The van der Waals surface area contributed by atoms with Crippen LogP contribution in [0, 0.1) is 12.8 Å². The van der Waals surface area contributed by atoms with Gasteiger partial charge in [-0.2, -0.15) is 0 Å². The molecule has 1 aromatic carbocycles. The molecule has 19 heavy (non-hydrogen) atoms. The molecule has 0 aliphatic heterocycles. The van der Waals surface area contributed by atoms with E-state index in [0.29, 0.717) is 23.2 Å². The van der Waals surface area contributed by atoms with Gasteiger partial charge in [0.15, 0.2) is 0 Å². The van der Waals surface area contributed by atoms with Gasteiger partial charge in [-0.1, -0.05) is 0 Å². The molecular weight excluding hydrogens is 262 g/mol. The Kier molecular flexibility index (Phi) is 3.49. The maximum absolute atomic E-state index is 11.6. The van der Waals surface area contributed by atoms with Gasteiger partial charge in [-0.05, 0) is 50.3 Å². The standard InChI is InChI=1S/C13H21N3O2S/c1-8-12(16(3)9(2)10-4-5-10)6-11(14)7-13(8)19(15,17)18/h6-7,9-10H,4-5,14H2,1-3H3,(H2,15,17,18). The average Bonchev–Trinajstić information content (AvgIpc) is 3.12. The average molecular weight is 283 g/mol. The number of nitrogens with two attached hydrogens (primary N) is 2. The number of nitrogen functional groups attached to an aromatic ring is 1. The SMILES string of the molecule is Cc1c(N(C)C(C)C2CC2)cc(N)cc1S(N)(=O)=O. The predicted molar refractivity (Wildman–Crippen MR) is 77.6 cm³/mol. The number of anilines is 2. The molecule has 1 aromatic rings. The van der Waals surface area contributed by atoms with E-state index in [1.807, 2.05) is 13.1 Å². The second-order valence-corrected chi connectivity index (χ2v) is 6.93. The molecular formula is C13H21N3O2S. The van der Waals surface area contributed by atoms with Gasteiger partial charge in [0.1, 0.15) is 0 Å². The Bertz CT molecular complexity index is 594. The summed E-state index contributed by atoms with van der Waals surface area (Å²) in [4.78, 5) is 2.20. The molecule has 1 saturated carbocycles. The van der Waals surface area contributed by atoms with Crippen LogP contribution in [0.5, 0.6) is 0 Å². The summed E-state index contributed by atoms with van der Waals surface area (Å²) in [5.74, 6) is 0.684. The molecule has 0 spiro atoms. The number of nitrogens with zero attached hydrogens (tertiary/aromatic N) is 1. The lowest BCUT2D eigenvalue weighted by atomic mass is 10.1. The van der Waals surface area contributed by atoms with Crippen LogP contribution in [0.4, 0.5) is 11.4 Å². The van der Waals surface area contributed by atoms with E-state index in [0.717, 1.165) is 5.69 Å². The molecule has 1 aliphatic carbocycles. The summed E-state index contributed by atoms with van der Waals surface area (Å²) in [7, 11) is -1.78. The molecule has 1 atom stereocenters. The van der Waals surface area contributed by atoms with Crippen molar-refractivity contribution in [3.05, 3.63) is 17.7 Å². The van der Waals surface area contributed by atoms with Crippen molar-refractivity contribution >= 4 is 21.4 Å². The van der Waals surface area contributed by atoms with Crippen molar-refractivity contribution in [2.75, 3.05) is 17.7 Å². The van der Waals surface area contributed by atoms with Crippen LogP contribution >= 0.6 is 0 Å². The molecule has 0 heterocycles. The summed E-state index contributed by atoms with van der Waals surface area (Å²) in [6.07, 6.45) is 2.46. The van der Waals surface area contributed by atoms with E-state index in [-0.39, 0.29) is 4.90 Å². The highest BCUT2D eigenvalue weighted by molar-refractivity contribution is 7.89. The summed E-state index contributed by atoms with van der Waals surface area (Å²) in [5, 5.41) is 5.24. The van der Waals surface area contributed by atoms with Crippen LogP contribution in [0.15, 0.2) is 17.0 Å². The first-order valence-electron chi connectivity index (χ1n) is 6.37. The minimum Gasteiger partial charge on any atom is -0.399 e. The van der Waals surface area contributed by atoms with E-state index >= 15 is 0 Å². The number of benzene rings is 1. The first-order valence-corrected chi connectivity index (χ1v) is 7.92. The van der Waals surface area contributed by atoms with Crippen molar-refractivity contribution in [1.29, 1.82) is 0 Å². The molecule has 0 radical (unpaired) electrons. The van der Waals surface area contributed by atoms with E-state index < -0.39 is 10.0 Å². The largest absolute Gasteiger partial charge is 0.399 e. The molecule has 1 aliphatic rings. The van der Waals surface area contributed by atoms with Crippen molar-refractivity contribution in [2.24, 2.45) is 11.1 Å². The third-order valence-corrected chi connectivity index (χ3v) is 4.99. The number of hydrogen-bond donors (Lipinski definition) is 2. The van der Waals surface area contributed by atoms with E-state index in [9.17, 15) is 8.42 Å². The summed E-state index contributed by atoms with van der Waals surface area (Å²) >= 11 is 0. The number of primary sulfonamides is 1. The first-order chi connectivity index (χ1) is 8.71. The number of hydrogen-bond acceptors (Lipinski definition) is 4. The van der Waals surface area contributed by atoms with Crippen LogP contribution < -0.4 is 15.8 Å². The minimum absolute atomic E-state index is 0.109. The third-order valence-electron chi connectivity index (χ3n) is 3.96. The fraction of sp³-hybridized carbons (Fsp3) is 0.538. The maximum atomic E-state index is 11.6. The molecule has 0 saturated heterocycles. The molecule has 0 bridgehead atoms. The Morgan fingerprint density at radius 3 is 2.42 bits per heavy atom. The van der Waals surface area contributed by atoms with Crippen LogP contribution in [0.2, 0.25) is 0 Å². The van der Waals surface area contributed by atoms with Gasteiger partial charge in [0.25, 0.3) is 0 Å². The number of rotatable bonds is 4. The fourth-order valence-electron chi connectivity index (χ4n) is 2.47. The van der Waals surface area contributed by atoms with E-state index in [1.54, 1.807) is 6.92 Å². The van der Waals surface area contributed by atoms with Crippen LogP contribution in [0.1, 0.15) is 25.3 Å². The summed E-state index contributed by atoms with van der Waals surface area (Å²) in [5.41, 5.74) is 7.72. The molecule has 1 unspecified atom stereocenters. The number of sulfonamides is 1. The van der Waals surface area contributed by atoms with Gasteiger partial charge in [-0.15, -0.1) is 0 Å². The summed E-state index contributed by atoms with van der Waals surface area (Å²) in [6, 6.07) is 3.60. The zero-order chi connectivity index (χ0) is 14.4. The van der Waals surface area contributed by atoms with Crippen LogP contribution in [0.3, 0.4) is 0 Å². The van der Waals surface area contributed by atoms with Gasteiger partial charge < -0.3 is 10.6 Å². The quantitative estimate of drug-likeness (QED) is 0.819. The summed E-state index contributed by atoms with van der Waals surface area (Å²) < 4.78 is 23.2. The molecule has 4 N–H and O–H groups in total. The predicted octanol–water partition coefficient (Wildman–Crippen LogP) is 1.46. The molecule has 2 rings (SSSR count). The summed E-state index contributed by atoms with van der Waals surface area (Å²) in [6.45, 7) is 3.92. The highest BCUT2D eigenvalue weighted by Crippen LogP contribution is 2.38. The minimum atomic E-state index is -3.75. The molecule has 6 heteroatoms. The Hall–Kier alpha value is -1.27. The van der Waals surface area contributed by atoms with Gasteiger partial charge in [-0.25, -0.2) is 13.6 Å². The van der Waals surface area contributed by atoms with Crippen molar-refractivity contribution < 1.29 is 8.42 Å². The molecule has 5 nitrogen and oxygen atoms in total.